The molecule has 0 spiro atoms. The molecule has 0 atom stereocenters. The second kappa shape index (κ2) is 4.55. The van der Waals surface area contributed by atoms with E-state index in [0.717, 1.165) is 11.5 Å². The molecule has 1 aliphatic heterocycles. The van der Waals surface area contributed by atoms with Crippen LogP contribution in [-0.2, 0) is 4.79 Å². The molecule has 0 aliphatic carbocycles. The van der Waals surface area contributed by atoms with Gasteiger partial charge in [-0.1, -0.05) is 0 Å². The number of amides is 1. The van der Waals surface area contributed by atoms with E-state index in [9.17, 15) is 9.18 Å². The highest BCUT2D eigenvalue weighted by Gasteiger charge is 2.28. The van der Waals surface area contributed by atoms with Crippen LogP contribution in [0.5, 0.6) is 0 Å². The van der Waals surface area contributed by atoms with Crippen LogP contribution in [0, 0.1) is 0 Å². The fraction of sp³-hybridized carbons (Fsp3) is 0.875. The largest absolute Gasteiger partial charge is 0.347 e. The van der Waals surface area contributed by atoms with Crippen LogP contribution >= 0.6 is 23.5 Å². The predicted octanol–water partition coefficient (Wildman–Crippen LogP) is 1.66. The number of hydrogen-bond acceptors (Lipinski definition) is 3. The molecule has 5 heteroatoms. The summed E-state index contributed by atoms with van der Waals surface area (Å²) >= 11 is 3.26. The Kier molecular flexibility index (Phi) is 3.91. The maximum absolute atomic E-state index is 12.4. The zero-order valence-electron chi connectivity index (χ0n) is 7.80. The molecule has 1 fully saturated rings. The normalized spacial score (nSPS) is 19.0. The van der Waals surface area contributed by atoms with Gasteiger partial charge in [-0.25, -0.2) is 4.39 Å². The number of nitrogens with one attached hydrogen (secondary N) is 1. The Morgan fingerprint density at radius 1 is 1.54 bits per heavy atom. The maximum Gasteiger partial charge on any atom is 0.243 e. The lowest BCUT2D eigenvalue weighted by atomic mass is 10.1. The first-order chi connectivity index (χ1) is 6.05. The molecule has 0 aromatic carbocycles. The highest BCUT2D eigenvalue weighted by molar-refractivity contribution is 8.21. The third-order valence-electron chi connectivity index (χ3n) is 1.63. The molecular weight excluding hydrogens is 209 g/mol. The third kappa shape index (κ3) is 3.38. The van der Waals surface area contributed by atoms with Crippen molar-refractivity contribution in [3.63, 3.8) is 0 Å². The number of alkyl halides is 1. The SMILES string of the molecule is CC(C)(CF)NC(=O)C1SCCS1. The molecule has 0 bridgehead atoms. The van der Waals surface area contributed by atoms with E-state index in [1.165, 1.54) is 0 Å². The summed E-state index contributed by atoms with van der Waals surface area (Å²) in [4.78, 5) is 11.5. The zero-order chi connectivity index (χ0) is 9.90. The lowest BCUT2D eigenvalue weighted by Crippen LogP contribution is -2.47. The fourth-order valence-electron chi connectivity index (χ4n) is 0.936. The number of carbonyl (C=O) groups excluding carboxylic acids is 1. The Labute approximate surface area is 86.4 Å². The molecule has 0 aromatic rings. The van der Waals surface area contributed by atoms with Gasteiger partial charge in [0.2, 0.25) is 5.91 Å². The standard InChI is InChI=1S/C8H14FNOS2/c1-8(2,5-9)10-6(11)7-12-3-4-13-7/h7H,3-5H2,1-2H3,(H,10,11). The molecule has 0 saturated carbocycles. The van der Waals surface area contributed by atoms with Crippen LogP contribution in [0.4, 0.5) is 4.39 Å². The van der Waals surface area contributed by atoms with Crippen molar-refractivity contribution in [2.45, 2.75) is 24.0 Å². The molecule has 1 rings (SSSR count). The summed E-state index contributed by atoms with van der Waals surface area (Å²) in [6.07, 6.45) is 0. The zero-order valence-corrected chi connectivity index (χ0v) is 9.43. The van der Waals surface area contributed by atoms with Crippen LogP contribution in [-0.4, -0.2) is 34.2 Å². The number of halogens is 1. The summed E-state index contributed by atoms with van der Waals surface area (Å²) in [5.41, 5.74) is -0.721. The molecule has 1 saturated heterocycles. The van der Waals surface area contributed by atoms with E-state index in [4.69, 9.17) is 0 Å². The molecule has 1 heterocycles. The van der Waals surface area contributed by atoms with Gasteiger partial charge in [0.25, 0.3) is 0 Å². The van der Waals surface area contributed by atoms with Gasteiger partial charge in [-0.2, -0.15) is 0 Å². The van der Waals surface area contributed by atoms with E-state index in [1.54, 1.807) is 37.4 Å². The van der Waals surface area contributed by atoms with E-state index in [2.05, 4.69) is 5.32 Å². The van der Waals surface area contributed by atoms with Crippen molar-refractivity contribution in [3.8, 4) is 0 Å². The Morgan fingerprint density at radius 2 is 2.08 bits per heavy atom. The van der Waals surface area contributed by atoms with Crippen LogP contribution in [0.25, 0.3) is 0 Å². The Balaban J connectivity index is 2.40. The molecule has 13 heavy (non-hydrogen) atoms. The number of carbonyl (C=O) groups is 1. The van der Waals surface area contributed by atoms with E-state index < -0.39 is 12.2 Å². The topological polar surface area (TPSA) is 29.1 Å². The van der Waals surface area contributed by atoms with Gasteiger partial charge in [0.1, 0.15) is 11.3 Å². The highest BCUT2D eigenvalue weighted by Crippen LogP contribution is 2.32. The van der Waals surface area contributed by atoms with Gasteiger partial charge >= 0.3 is 0 Å². The Bertz CT molecular complexity index is 193. The highest BCUT2D eigenvalue weighted by atomic mass is 32.2. The number of hydrogen-bond donors (Lipinski definition) is 1. The fourth-order valence-corrected chi connectivity index (χ4v) is 3.52. The molecule has 1 aliphatic rings. The minimum absolute atomic E-state index is 0.0363. The van der Waals surface area contributed by atoms with E-state index >= 15 is 0 Å². The van der Waals surface area contributed by atoms with E-state index in [-0.39, 0.29) is 10.5 Å². The molecule has 0 aromatic heterocycles. The van der Waals surface area contributed by atoms with Crippen molar-refractivity contribution in [1.29, 1.82) is 0 Å². The summed E-state index contributed by atoms with van der Waals surface area (Å²) in [6.45, 7) is 2.85. The summed E-state index contributed by atoms with van der Waals surface area (Å²) in [6, 6.07) is 0. The number of rotatable bonds is 3. The van der Waals surface area contributed by atoms with Crippen LogP contribution in [0.1, 0.15) is 13.8 Å². The third-order valence-corrected chi connectivity index (χ3v) is 4.62. The average Bonchev–Trinajstić information content (AvgIpc) is 2.55. The van der Waals surface area contributed by atoms with Gasteiger partial charge in [0, 0.05) is 11.5 Å². The first kappa shape index (κ1) is 11.2. The quantitative estimate of drug-likeness (QED) is 0.789. The molecule has 0 unspecified atom stereocenters. The summed E-state index contributed by atoms with van der Waals surface area (Å²) < 4.78 is 12.4. The van der Waals surface area contributed by atoms with Gasteiger partial charge in [-0.3, -0.25) is 4.79 Å². The van der Waals surface area contributed by atoms with Crippen LogP contribution in [0.15, 0.2) is 0 Å². The van der Waals surface area contributed by atoms with Crippen molar-refractivity contribution in [2.75, 3.05) is 18.2 Å². The van der Waals surface area contributed by atoms with Crippen LogP contribution < -0.4 is 5.32 Å². The van der Waals surface area contributed by atoms with Gasteiger partial charge in [0.15, 0.2) is 0 Å². The van der Waals surface area contributed by atoms with E-state index in [0.29, 0.717) is 0 Å². The molecule has 1 N–H and O–H groups in total. The minimum Gasteiger partial charge on any atom is -0.347 e. The van der Waals surface area contributed by atoms with Gasteiger partial charge in [0.05, 0.1) is 5.54 Å². The summed E-state index contributed by atoms with van der Waals surface area (Å²) in [7, 11) is 0. The smallest absolute Gasteiger partial charge is 0.243 e. The first-order valence-electron chi connectivity index (χ1n) is 4.16. The van der Waals surface area contributed by atoms with Gasteiger partial charge in [-0.15, -0.1) is 23.5 Å². The Hall–Kier alpha value is 0.1000. The van der Waals surface area contributed by atoms with Crippen LogP contribution in [0.2, 0.25) is 0 Å². The van der Waals surface area contributed by atoms with E-state index in [1.807, 2.05) is 0 Å². The molecule has 0 radical (unpaired) electrons. The first-order valence-corrected chi connectivity index (χ1v) is 6.26. The second-order valence-corrected chi connectivity index (χ2v) is 6.30. The molecule has 1 amide bonds. The monoisotopic (exact) mass is 223 g/mol. The number of thioether (sulfide) groups is 2. The van der Waals surface area contributed by atoms with Crippen molar-refractivity contribution in [2.24, 2.45) is 0 Å². The maximum atomic E-state index is 12.4. The van der Waals surface area contributed by atoms with Gasteiger partial charge < -0.3 is 5.32 Å². The Morgan fingerprint density at radius 3 is 2.54 bits per heavy atom. The summed E-state index contributed by atoms with van der Waals surface area (Å²) in [5, 5.41) is 2.69. The minimum atomic E-state index is -0.721. The summed E-state index contributed by atoms with van der Waals surface area (Å²) in [5.74, 6) is 1.98. The molecule has 76 valence electrons. The van der Waals surface area contributed by atoms with Crippen molar-refractivity contribution in [3.05, 3.63) is 0 Å². The lowest BCUT2D eigenvalue weighted by molar-refractivity contribution is -0.120. The van der Waals surface area contributed by atoms with Crippen molar-refractivity contribution < 1.29 is 9.18 Å². The van der Waals surface area contributed by atoms with Crippen molar-refractivity contribution in [1.82, 2.24) is 5.32 Å². The van der Waals surface area contributed by atoms with Crippen molar-refractivity contribution >= 4 is 29.4 Å². The predicted molar refractivity (Wildman–Crippen MR) is 56.9 cm³/mol. The molecular formula is C8H14FNOS2. The van der Waals surface area contributed by atoms with Crippen LogP contribution in [0.3, 0.4) is 0 Å². The average molecular weight is 223 g/mol. The van der Waals surface area contributed by atoms with Gasteiger partial charge in [-0.05, 0) is 13.8 Å². The molecule has 2 nitrogen and oxygen atoms in total. The second-order valence-electron chi connectivity index (χ2n) is 3.58. The lowest BCUT2D eigenvalue weighted by Gasteiger charge is -2.23.